The first-order valence-corrected chi connectivity index (χ1v) is 5.28. The molecule has 2 rings (SSSR count). The molecule has 4 nitrogen and oxygen atoms in total. The van der Waals surface area contributed by atoms with Gasteiger partial charge in [0.15, 0.2) is 0 Å². The summed E-state index contributed by atoms with van der Waals surface area (Å²) in [5.41, 5.74) is 2.11. The fourth-order valence-corrected chi connectivity index (χ4v) is 1.91. The largest absolute Gasteiger partial charge is 0.396 e. The van der Waals surface area contributed by atoms with E-state index in [0.717, 1.165) is 17.9 Å². The van der Waals surface area contributed by atoms with Crippen molar-refractivity contribution in [3.63, 3.8) is 0 Å². The number of rotatable bonds is 3. The summed E-state index contributed by atoms with van der Waals surface area (Å²) in [6, 6.07) is 2.46. The first kappa shape index (κ1) is 15.7. The number of aromatic amines is 1. The van der Waals surface area contributed by atoms with Gasteiger partial charge in [-0.25, -0.2) is 0 Å². The molecule has 0 spiro atoms. The Morgan fingerprint density at radius 3 is 2.81 bits per heavy atom. The molecule has 1 unspecified atom stereocenters. The molecule has 1 aliphatic rings. The molecule has 1 fully saturated rings. The summed E-state index contributed by atoms with van der Waals surface area (Å²) < 4.78 is 0. The van der Waals surface area contributed by atoms with Crippen LogP contribution in [0, 0.1) is 0 Å². The van der Waals surface area contributed by atoms with E-state index in [4.69, 9.17) is 5.11 Å². The van der Waals surface area contributed by atoms with Crippen molar-refractivity contribution >= 4 is 24.8 Å². The number of H-pyrrole nitrogens is 1. The van der Waals surface area contributed by atoms with Crippen LogP contribution in [0.15, 0.2) is 6.07 Å². The lowest BCUT2D eigenvalue weighted by atomic mass is 10.0. The van der Waals surface area contributed by atoms with Crippen molar-refractivity contribution in [2.45, 2.75) is 31.7 Å². The molecule has 94 valence electrons. The van der Waals surface area contributed by atoms with Crippen LogP contribution in [-0.4, -0.2) is 28.5 Å². The molecule has 3 N–H and O–H groups in total. The van der Waals surface area contributed by atoms with Crippen molar-refractivity contribution in [2.75, 3.05) is 13.2 Å². The predicted octanol–water partition coefficient (Wildman–Crippen LogP) is 1.60. The van der Waals surface area contributed by atoms with Gasteiger partial charge >= 0.3 is 0 Å². The Labute approximate surface area is 108 Å². The lowest BCUT2D eigenvalue weighted by Gasteiger charge is -2.21. The number of aliphatic hydroxyl groups excluding tert-OH is 1. The zero-order valence-corrected chi connectivity index (χ0v) is 10.7. The Balaban J connectivity index is 0.00000112. The average molecular weight is 268 g/mol. The highest BCUT2D eigenvalue weighted by atomic mass is 35.5. The molecule has 6 heteroatoms. The molecule has 2 heterocycles. The van der Waals surface area contributed by atoms with Gasteiger partial charge in [-0.05, 0) is 25.5 Å². The number of piperidine rings is 1. The molecule has 1 aromatic rings. The van der Waals surface area contributed by atoms with Crippen molar-refractivity contribution in [3.8, 4) is 0 Å². The van der Waals surface area contributed by atoms with Gasteiger partial charge in [-0.3, -0.25) is 5.10 Å². The summed E-state index contributed by atoms with van der Waals surface area (Å²) in [4.78, 5) is 0. The topological polar surface area (TPSA) is 60.9 Å². The lowest BCUT2D eigenvalue weighted by molar-refractivity contribution is 0.298. The highest BCUT2D eigenvalue weighted by Crippen LogP contribution is 2.21. The van der Waals surface area contributed by atoms with Crippen molar-refractivity contribution in [2.24, 2.45) is 0 Å². The van der Waals surface area contributed by atoms with Gasteiger partial charge in [0.25, 0.3) is 0 Å². The molecule has 0 aromatic carbocycles. The van der Waals surface area contributed by atoms with E-state index in [2.05, 4.69) is 21.6 Å². The second kappa shape index (κ2) is 7.90. The average Bonchev–Trinajstić information content (AvgIpc) is 2.68. The van der Waals surface area contributed by atoms with Gasteiger partial charge in [-0.2, -0.15) is 5.10 Å². The number of aromatic nitrogens is 2. The number of nitrogens with one attached hydrogen (secondary N) is 2. The van der Waals surface area contributed by atoms with E-state index >= 15 is 0 Å². The molecule has 0 amide bonds. The molecule has 16 heavy (non-hydrogen) atoms. The lowest BCUT2D eigenvalue weighted by Crippen LogP contribution is -2.26. The van der Waals surface area contributed by atoms with Crippen LogP contribution in [0.4, 0.5) is 0 Å². The second-order valence-corrected chi connectivity index (χ2v) is 3.79. The number of hydrogen-bond acceptors (Lipinski definition) is 3. The van der Waals surface area contributed by atoms with Gasteiger partial charge in [-0.15, -0.1) is 24.8 Å². The zero-order valence-electron chi connectivity index (χ0n) is 9.11. The van der Waals surface area contributed by atoms with E-state index in [1.54, 1.807) is 0 Å². The zero-order chi connectivity index (χ0) is 9.80. The molecular weight excluding hydrogens is 249 g/mol. The van der Waals surface area contributed by atoms with Crippen molar-refractivity contribution in [3.05, 3.63) is 17.5 Å². The Hall–Kier alpha value is -0.290. The fraction of sp³-hybridized carbons (Fsp3) is 0.700. The standard InChI is InChI=1S/C10H17N3O.2ClH/c14-6-4-8-7-10(13-12-8)9-3-1-2-5-11-9;;/h7,9,11,14H,1-6H2,(H,12,13);2*1H. The number of aliphatic hydroxyl groups is 1. The van der Waals surface area contributed by atoms with Crippen molar-refractivity contribution in [1.29, 1.82) is 0 Å². The van der Waals surface area contributed by atoms with E-state index in [0.29, 0.717) is 12.5 Å². The van der Waals surface area contributed by atoms with E-state index < -0.39 is 0 Å². The Morgan fingerprint density at radius 2 is 2.19 bits per heavy atom. The minimum atomic E-state index is 0. The van der Waals surface area contributed by atoms with Gasteiger partial charge in [0.1, 0.15) is 0 Å². The number of hydrogen-bond donors (Lipinski definition) is 3. The Bertz CT molecular complexity index is 287. The van der Waals surface area contributed by atoms with Crippen LogP contribution in [-0.2, 0) is 6.42 Å². The molecule has 0 aliphatic carbocycles. The number of nitrogens with zero attached hydrogens (tertiary/aromatic N) is 1. The van der Waals surface area contributed by atoms with E-state index in [1.165, 1.54) is 19.3 Å². The fourth-order valence-electron chi connectivity index (χ4n) is 1.91. The third-order valence-corrected chi connectivity index (χ3v) is 2.70. The first-order chi connectivity index (χ1) is 6.90. The smallest absolute Gasteiger partial charge is 0.0794 e. The van der Waals surface area contributed by atoms with E-state index in [-0.39, 0.29) is 31.4 Å². The van der Waals surface area contributed by atoms with Crippen LogP contribution < -0.4 is 5.32 Å². The SMILES string of the molecule is Cl.Cl.OCCc1cc(C2CCCCN2)n[nH]1. The van der Waals surface area contributed by atoms with E-state index in [1.807, 2.05) is 0 Å². The highest BCUT2D eigenvalue weighted by molar-refractivity contribution is 5.85. The summed E-state index contributed by atoms with van der Waals surface area (Å²) in [7, 11) is 0. The summed E-state index contributed by atoms with van der Waals surface area (Å²) in [6.45, 7) is 1.27. The maximum absolute atomic E-state index is 8.78. The molecule has 1 aliphatic heterocycles. The maximum Gasteiger partial charge on any atom is 0.0794 e. The molecule has 0 saturated carbocycles. The van der Waals surface area contributed by atoms with E-state index in [9.17, 15) is 0 Å². The Morgan fingerprint density at radius 1 is 1.38 bits per heavy atom. The van der Waals surface area contributed by atoms with Crippen LogP contribution in [0.5, 0.6) is 0 Å². The summed E-state index contributed by atoms with van der Waals surface area (Å²) >= 11 is 0. The van der Waals surface area contributed by atoms with Crippen molar-refractivity contribution in [1.82, 2.24) is 15.5 Å². The molecule has 0 bridgehead atoms. The van der Waals surface area contributed by atoms with Crippen LogP contribution in [0.25, 0.3) is 0 Å². The summed E-state index contributed by atoms with van der Waals surface area (Å²) in [5.74, 6) is 0. The minimum absolute atomic E-state index is 0. The monoisotopic (exact) mass is 267 g/mol. The van der Waals surface area contributed by atoms with Gasteiger partial charge < -0.3 is 10.4 Å². The summed E-state index contributed by atoms with van der Waals surface area (Å²) in [6.07, 6.45) is 4.38. The van der Waals surface area contributed by atoms with Crippen LogP contribution in [0.1, 0.15) is 36.7 Å². The minimum Gasteiger partial charge on any atom is -0.396 e. The van der Waals surface area contributed by atoms with Gasteiger partial charge in [0.05, 0.1) is 11.7 Å². The van der Waals surface area contributed by atoms with Gasteiger partial charge in [0, 0.05) is 18.7 Å². The third-order valence-electron chi connectivity index (χ3n) is 2.70. The highest BCUT2D eigenvalue weighted by Gasteiger charge is 2.16. The van der Waals surface area contributed by atoms with Gasteiger partial charge in [-0.1, -0.05) is 6.42 Å². The van der Waals surface area contributed by atoms with Crippen LogP contribution >= 0.6 is 24.8 Å². The Kier molecular flexibility index (Phi) is 7.76. The molecule has 1 saturated heterocycles. The molecular formula is C10H19Cl2N3O. The molecule has 1 aromatic heterocycles. The normalized spacial score (nSPS) is 19.7. The predicted molar refractivity (Wildman–Crippen MR) is 68.5 cm³/mol. The van der Waals surface area contributed by atoms with Crippen LogP contribution in [0.3, 0.4) is 0 Å². The van der Waals surface area contributed by atoms with Gasteiger partial charge in [0.2, 0.25) is 0 Å². The first-order valence-electron chi connectivity index (χ1n) is 5.28. The molecule has 0 radical (unpaired) electrons. The second-order valence-electron chi connectivity index (χ2n) is 3.79. The number of halogens is 2. The summed E-state index contributed by atoms with van der Waals surface area (Å²) in [5, 5.41) is 19.4. The quantitative estimate of drug-likeness (QED) is 0.780. The maximum atomic E-state index is 8.78. The molecule has 1 atom stereocenters. The van der Waals surface area contributed by atoms with Crippen LogP contribution in [0.2, 0.25) is 0 Å². The van der Waals surface area contributed by atoms with Crippen molar-refractivity contribution < 1.29 is 5.11 Å². The third kappa shape index (κ3) is 3.94.